The van der Waals surface area contributed by atoms with Crippen LogP contribution in [-0.4, -0.2) is 14.8 Å². The fourth-order valence-electron chi connectivity index (χ4n) is 2.32. The zero-order chi connectivity index (χ0) is 14.8. The van der Waals surface area contributed by atoms with E-state index in [9.17, 15) is 0 Å². The van der Waals surface area contributed by atoms with Crippen LogP contribution in [0.3, 0.4) is 0 Å². The topological polar surface area (TPSA) is 30.7 Å². The molecular weight excluding hydrogens is 258 g/mol. The molecule has 0 unspecified atom stereocenters. The molecule has 0 saturated carbocycles. The van der Waals surface area contributed by atoms with Gasteiger partial charge < -0.3 is 0 Å². The first-order valence-corrected chi connectivity index (χ1v) is 7.25. The third-order valence-corrected chi connectivity index (χ3v) is 3.52. The SMILES string of the molecule is Cc1ccccc1-n1nc(C(C)C)nc1-c1ccccc1. The minimum atomic E-state index is 0.303. The summed E-state index contributed by atoms with van der Waals surface area (Å²) in [6.07, 6.45) is 0. The van der Waals surface area contributed by atoms with Crippen LogP contribution in [0, 0.1) is 6.92 Å². The molecule has 0 atom stereocenters. The Kier molecular flexibility index (Phi) is 3.57. The summed E-state index contributed by atoms with van der Waals surface area (Å²) in [5.74, 6) is 2.07. The predicted molar refractivity (Wildman–Crippen MR) is 85.6 cm³/mol. The fraction of sp³-hybridized carbons (Fsp3) is 0.222. The van der Waals surface area contributed by atoms with Gasteiger partial charge in [-0.05, 0) is 18.6 Å². The lowest BCUT2D eigenvalue weighted by atomic mass is 10.2. The Morgan fingerprint density at radius 2 is 1.57 bits per heavy atom. The van der Waals surface area contributed by atoms with Crippen LogP contribution < -0.4 is 0 Å². The largest absolute Gasteiger partial charge is 0.213 e. The number of hydrogen-bond acceptors (Lipinski definition) is 2. The summed E-state index contributed by atoms with van der Waals surface area (Å²) in [5.41, 5.74) is 3.35. The predicted octanol–water partition coefficient (Wildman–Crippen LogP) is 4.37. The summed E-state index contributed by atoms with van der Waals surface area (Å²) in [6.45, 7) is 6.33. The molecule has 3 heteroatoms. The molecule has 106 valence electrons. The Morgan fingerprint density at radius 3 is 2.24 bits per heavy atom. The Morgan fingerprint density at radius 1 is 0.905 bits per heavy atom. The van der Waals surface area contributed by atoms with Gasteiger partial charge in [-0.25, -0.2) is 9.67 Å². The molecule has 0 bridgehead atoms. The van der Waals surface area contributed by atoms with Gasteiger partial charge in [0.15, 0.2) is 11.6 Å². The van der Waals surface area contributed by atoms with Crippen LogP contribution in [0.25, 0.3) is 17.1 Å². The van der Waals surface area contributed by atoms with E-state index < -0.39 is 0 Å². The molecular formula is C18H19N3. The van der Waals surface area contributed by atoms with Gasteiger partial charge in [0.25, 0.3) is 0 Å². The molecule has 0 amide bonds. The van der Waals surface area contributed by atoms with E-state index in [1.54, 1.807) is 0 Å². The third-order valence-electron chi connectivity index (χ3n) is 3.52. The minimum Gasteiger partial charge on any atom is -0.213 e. The van der Waals surface area contributed by atoms with Crippen molar-refractivity contribution in [1.29, 1.82) is 0 Å². The average Bonchev–Trinajstić information content (AvgIpc) is 2.94. The molecule has 0 radical (unpaired) electrons. The van der Waals surface area contributed by atoms with Gasteiger partial charge in [-0.3, -0.25) is 0 Å². The lowest BCUT2D eigenvalue weighted by Crippen LogP contribution is -2.02. The highest BCUT2D eigenvalue weighted by molar-refractivity contribution is 5.58. The highest BCUT2D eigenvalue weighted by Crippen LogP contribution is 2.24. The molecule has 3 aromatic rings. The Bertz CT molecular complexity index is 742. The Labute approximate surface area is 125 Å². The van der Waals surface area contributed by atoms with Crippen molar-refractivity contribution in [1.82, 2.24) is 14.8 Å². The number of aryl methyl sites for hydroxylation is 1. The van der Waals surface area contributed by atoms with Crippen molar-refractivity contribution in [2.75, 3.05) is 0 Å². The highest BCUT2D eigenvalue weighted by atomic mass is 15.4. The third kappa shape index (κ3) is 2.59. The van der Waals surface area contributed by atoms with Gasteiger partial charge in [-0.1, -0.05) is 62.4 Å². The van der Waals surface area contributed by atoms with Gasteiger partial charge in [0.05, 0.1) is 5.69 Å². The average molecular weight is 277 g/mol. The number of benzene rings is 2. The van der Waals surface area contributed by atoms with Crippen molar-refractivity contribution in [2.24, 2.45) is 0 Å². The van der Waals surface area contributed by atoms with Crippen LogP contribution >= 0.6 is 0 Å². The number of nitrogens with zero attached hydrogens (tertiary/aromatic N) is 3. The first kappa shape index (κ1) is 13.6. The summed E-state index contributed by atoms with van der Waals surface area (Å²) in [6, 6.07) is 18.5. The zero-order valence-corrected chi connectivity index (χ0v) is 12.6. The van der Waals surface area contributed by atoms with Gasteiger partial charge >= 0.3 is 0 Å². The monoisotopic (exact) mass is 277 g/mol. The number of aromatic nitrogens is 3. The van der Waals surface area contributed by atoms with Crippen molar-refractivity contribution in [3.63, 3.8) is 0 Å². The number of rotatable bonds is 3. The second kappa shape index (κ2) is 5.52. The molecule has 0 fully saturated rings. The summed E-state index contributed by atoms with van der Waals surface area (Å²) >= 11 is 0. The molecule has 0 aliphatic rings. The van der Waals surface area contributed by atoms with E-state index in [2.05, 4.69) is 45.0 Å². The van der Waals surface area contributed by atoms with Gasteiger partial charge in [0.2, 0.25) is 0 Å². The van der Waals surface area contributed by atoms with Crippen molar-refractivity contribution >= 4 is 0 Å². The lowest BCUT2D eigenvalue weighted by Gasteiger charge is -2.08. The second-order valence-corrected chi connectivity index (χ2v) is 5.51. The zero-order valence-electron chi connectivity index (χ0n) is 12.6. The molecule has 0 spiro atoms. The van der Waals surface area contributed by atoms with Gasteiger partial charge in [0.1, 0.15) is 0 Å². The molecule has 0 N–H and O–H groups in total. The van der Waals surface area contributed by atoms with Crippen molar-refractivity contribution < 1.29 is 0 Å². The van der Waals surface area contributed by atoms with Crippen molar-refractivity contribution in [3.8, 4) is 17.1 Å². The first-order valence-electron chi connectivity index (χ1n) is 7.25. The first-order chi connectivity index (χ1) is 10.2. The summed E-state index contributed by atoms with van der Waals surface area (Å²) < 4.78 is 1.96. The standard InChI is InChI=1S/C18H19N3/c1-13(2)17-19-18(15-10-5-4-6-11-15)21(20-17)16-12-8-7-9-14(16)3/h4-13H,1-3H3. The molecule has 0 saturated heterocycles. The van der Waals surface area contributed by atoms with E-state index in [1.165, 1.54) is 5.56 Å². The molecule has 1 aromatic heterocycles. The van der Waals surface area contributed by atoms with Gasteiger partial charge in [0, 0.05) is 11.5 Å². The minimum absolute atomic E-state index is 0.303. The van der Waals surface area contributed by atoms with E-state index in [1.807, 2.05) is 35.0 Å². The Hall–Kier alpha value is -2.42. The number of para-hydroxylation sites is 1. The fourth-order valence-corrected chi connectivity index (χ4v) is 2.32. The summed E-state index contributed by atoms with van der Waals surface area (Å²) in [4.78, 5) is 4.75. The van der Waals surface area contributed by atoms with Gasteiger partial charge in [-0.15, -0.1) is 0 Å². The van der Waals surface area contributed by atoms with Gasteiger partial charge in [-0.2, -0.15) is 5.10 Å². The molecule has 21 heavy (non-hydrogen) atoms. The summed E-state index contributed by atoms with van der Waals surface area (Å²) in [7, 11) is 0. The second-order valence-electron chi connectivity index (χ2n) is 5.51. The maximum atomic E-state index is 4.75. The van der Waals surface area contributed by atoms with E-state index in [-0.39, 0.29) is 0 Å². The lowest BCUT2D eigenvalue weighted by molar-refractivity contribution is 0.753. The van der Waals surface area contributed by atoms with E-state index in [0.29, 0.717) is 5.92 Å². The molecule has 0 aliphatic carbocycles. The molecule has 3 nitrogen and oxygen atoms in total. The van der Waals surface area contributed by atoms with Crippen LogP contribution in [-0.2, 0) is 0 Å². The summed E-state index contributed by atoms with van der Waals surface area (Å²) in [5, 5.41) is 4.72. The smallest absolute Gasteiger partial charge is 0.163 e. The maximum absolute atomic E-state index is 4.75. The maximum Gasteiger partial charge on any atom is 0.163 e. The van der Waals surface area contributed by atoms with Crippen LogP contribution in [0.4, 0.5) is 0 Å². The van der Waals surface area contributed by atoms with Crippen molar-refractivity contribution in [3.05, 3.63) is 66.0 Å². The van der Waals surface area contributed by atoms with Crippen LogP contribution in [0.2, 0.25) is 0 Å². The molecule has 0 aliphatic heterocycles. The highest BCUT2D eigenvalue weighted by Gasteiger charge is 2.16. The van der Waals surface area contributed by atoms with E-state index in [4.69, 9.17) is 10.1 Å². The van der Waals surface area contributed by atoms with Crippen LogP contribution in [0.5, 0.6) is 0 Å². The molecule has 3 rings (SSSR count). The van der Waals surface area contributed by atoms with E-state index in [0.717, 1.165) is 22.9 Å². The number of hydrogen-bond donors (Lipinski definition) is 0. The Balaban J connectivity index is 2.22. The molecule has 2 aromatic carbocycles. The molecule has 1 heterocycles. The van der Waals surface area contributed by atoms with Crippen LogP contribution in [0.1, 0.15) is 31.2 Å². The van der Waals surface area contributed by atoms with Crippen molar-refractivity contribution in [2.45, 2.75) is 26.7 Å². The quantitative estimate of drug-likeness (QED) is 0.712. The normalized spacial score (nSPS) is 11.0. The van der Waals surface area contributed by atoms with Crippen LogP contribution in [0.15, 0.2) is 54.6 Å². The van der Waals surface area contributed by atoms with E-state index >= 15 is 0 Å².